The van der Waals surface area contributed by atoms with Gasteiger partial charge in [-0.25, -0.2) is 14.8 Å². The van der Waals surface area contributed by atoms with E-state index in [-0.39, 0.29) is 6.03 Å². The first-order valence-electron chi connectivity index (χ1n) is 10.1. The van der Waals surface area contributed by atoms with Crippen LogP contribution in [-0.4, -0.2) is 16.0 Å². The fourth-order valence-electron chi connectivity index (χ4n) is 3.76. The summed E-state index contributed by atoms with van der Waals surface area (Å²) in [5, 5.41) is 6.90. The number of carbonyl (C=O) groups is 1. The van der Waals surface area contributed by atoms with Crippen LogP contribution in [0.25, 0.3) is 10.2 Å². The summed E-state index contributed by atoms with van der Waals surface area (Å²) in [7, 11) is 0. The Hall–Kier alpha value is -2.68. The summed E-state index contributed by atoms with van der Waals surface area (Å²) in [6.45, 7) is 0. The van der Waals surface area contributed by atoms with Crippen molar-refractivity contribution in [3.05, 3.63) is 68.7 Å². The quantitative estimate of drug-likeness (QED) is 0.288. The Kier molecular flexibility index (Phi) is 5.99. The Morgan fingerprint density at radius 2 is 1.97 bits per heavy atom. The maximum Gasteiger partial charge on any atom is 0.323 e. The monoisotopic (exact) mass is 528 g/mol. The number of thiophene rings is 1. The molecule has 32 heavy (non-hydrogen) atoms. The van der Waals surface area contributed by atoms with Crippen LogP contribution in [0.5, 0.6) is 11.6 Å². The molecular formula is C23H18BrClN4O2S. The molecule has 0 saturated carbocycles. The van der Waals surface area contributed by atoms with Crippen molar-refractivity contribution < 1.29 is 9.53 Å². The van der Waals surface area contributed by atoms with Crippen molar-refractivity contribution in [2.45, 2.75) is 25.7 Å². The topological polar surface area (TPSA) is 76.1 Å². The van der Waals surface area contributed by atoms with Crippen molar-refractivity contribution in [3.8, 4) is 11.6 Å². The Morgan fingerprint density at radius 3 is 2.81 bits per heavy atom. The minimum atomic E-state index is -0.388. The van der Waals surface area contributed by atoms with E-state index in [0.29, 0.717) is 28.0 Å². The number of hydrogen-bond acceptors (Lipinski definition) is 5. The van der Waals surface area contributed by atoms with E-state index in [1.54, 1.807) is 35.6 Å². The van der Waals surface area contributed by atoms with Gasteiger partial charge in [0.05, 0.1) is 16.1 Å². The van der Waals surface area contributed by atoms with Crippen LogP contribution < -0.4 is 15.4 Å². The van der Waals surface area contributed by atoms with Crippen LogP contribution in [0.2, 0.25) is 5.02 Å². The first-order chi connectivity index (χ1) is 15.6. The van der Waals surface area contributed by atoms with Gasteiger partial charge >= 0.3 is 6.03 Å². The van der Waals surface area contributed by atoms with Gasteiger partial charge in [0.1, 0.15) is 16.9 Å². The molecule has 0 spiro atoms. The standard InChI is InChI=1S/C23H18BrClN4O2S/c24-13-4-3-5-14(10-13)28-23(30)29-18-9-8-15(11-17(18)25)31-21-20-16-6-1-2-7-19(16)32-22(20)27-12-26-21/h3-5,8-12H,1-2,6-7H2,(H2,28,29,30). The number of hydrogen-bond donors (Lipinski definition) is 2. The average Bonchev–Trinajstić information content (AvgIpc) is 3.15. The van der Waals surface area contributed by atoms with Crippen molar-refractivity contribution in [2.75, 3.05) is 10.6 Å². The van der Waals surface area contributed by atoms with Gasteiger partial charge in [-0.1, -0.05) is 33.6 Å². The molecule has 2 aromatic heterocycles. The third kappa shape index (κ3) is 4.44. The van der Waals surface area contributed by atoms with Crippen molar-refractivity contribution in [1.82, 2.24) is 9.97 Å². The number of fused-ring (bicyclic) bond motifs is 3. The maximum absolute atomic E-state index is 12.3. The average molecular weight is 530 g/mol. The van der Waals surface area contributed by atoms with Crippen LogP contribution in [0.4, 0.5) is 16.2 Å². The Balaban J connectivity index is 1.34. The molecule has 9 heteroatoms. The van der Waals surface area contributed by atoms with Crippen molar-refractivity contribution in [2.24, 2.45) is 0 Å². The highest BCUT2D eigenvalue weighted by atomic mass is 79.9. The van der Waals surface area contributed by atoms with E-state index in [2.05, 4.69) is 36.5 Å². The van der Waals surface area contributed by atoms with Crippen molar-refractivity contribution in [3.63, 3.8) is 0 Å². The van der Waals surface area contributed by atoms with Crippen LogP contribution >= 0.6 is 38.9 Å². The maximum atomic E-state index is 12.3. The predicted molar refractivity (Wildman–Crippen MR) is 132 cm³/mol. The Labute approximate surface area is 202 Å². The van der Waals surface area contributed by atoms with E-state index in [1.165, 1.54) is 29.6 Å². The lowest BCUT2D eigenvalue weighted by atomic mass is 9.97. The zero-order valence-corrected chi connectivity index (χ0v) is 20.0. The molecular weight excluding hydrogens is 512 g/mol. The minimum Gasteiger partial charge on any atom is -0.438 e. The number of ether oxygens (including phenoxy) is 1. The van der Waals surface area contributed by atoms with E-state index in [4.69, 9.17) is 16.3 Å². The van der Waals surface area contributed by atoms with Crippen molar-refractivity contribution >= 4 is 66.5 Å². The van der Waals surface area contributed by atoms with Gasteiger partial charge < -0.3 is 15.4 Å². The molecule has 162 valence electrons. The summed E-state index contributed by atoms with van der Waals surface area (Å²) >= 11 is 11.5. The number of carbonyl (C=O) groups excluding carboxylic acids is 1. The number of aryl methyl sites for hydroxylation is 2. The van der Waals surface area contributed by atoms with Gasteiger partial charge in [0.25, 0.3) is 0 Å². The molecule has 2 heterocycles. The summed E-state index contributed by atoms with van der Waals surface area (Å²) in [6.07, 6.45) is 6.02. The molecule has 0 radical (unpaired) electrons. The number of urea groups is 1. The van der Waals surface area contributed by atoms with E-state index in [0.717, 1.165) is 27.5 Å². The normalized spacial score (nSPS) is 12.9. The first-order valence-corrected chi connectivity index (χ1v) is 12.1. The third-order valence-electron chi connectivity index (χ3n) is 5.20. The second-order valence-corrected chi connectivity index (χ2v) is 9.81. The van der Waals surface area contributed by atoms with Gasteiger partial charge in [-0.15, -0.1) is 11.3 Å². The van der Waals surface area contributed by atoms with Crippen LogP contribution in [-0.2, 0) is 12.8 Å². The second-order valence-electron chi connectivity index (χ2n) is 7.40. The highest BCUT2D eigenvalue weighted by molar-refractivity contribution is 9.10. The number of anilines is 2. The van der Waals surface area contributed by atoms with E-state index >= 15 is 0 Å². The molecule has 0 fully saturated rings. The number of nitrogens with one attached hydrogen (secondary N) is 2. The molecule has 1 aliphatic rings. The SMILES string of the molecule is O=C(Nc1cccc(Br)c1)Nc1ccc(Oc2ncnc3sc4c(c23)CCCC4)cc1Cl. The molecule has 4 aromatic rings. The number of nitrogens with zero attached hydrogens (tertiary/aromatic N) is 2. The van der Waals surface area contributed by atoms with Crippen LogP contribution in [0, 0.1) is 0 Å². The van der Waals surface area contributed by atoms with Gasteiger partial charge in [-0.05, 0) is 61.6 Å². The molecule has 2 aromatic carbocycles. The lowest BCUT2D eigenvalue weighted by Gasteiger charge is -2.13. The van der Waals surface area contributed by atoms with Crippen LogP contribution in [0.3, 0.4) is 0 Å². The molecule has 0 bridgehead atoms. The summed E-state index contributed by atoms with van der Waals surface area (Å²) in [5.74, 6) is 1.09. The summed E-state index contributed by atoms with van der Waals surface area (Å²) < 4.78 is 6.98. The zero-order chi connectivity index (χ0) is 22.1. The van der Waals surface area contributed by atoms with Gasteiger partial charge in [0.2, 0.25) is 5.88 Å². The fourth-order valence-corrected chi connectivity index (χ4v) is 5.60. The number of aromatic nitrogens is 2. The second kappa shape index (κ2) is 9.05. The number of rotatable bonds is 4. The first kappa shape index (κ1) is 21.2. The van der Waals surface area contributed by atoms with Crippen molar-refractivity contribution in [1.29, 1.82) is 0 Å². The largest absolute Gasteiger partial charge is 0.438 e. The minimum absolute atomic E-state index is 0.365. The third-order valence-corrected chi connectivity index (χ3v) is 7.21. The zero-order valence-electron chi connectivity index (χ0n) is 16.8. The molecule has 0 saturated heterocycles. The lowest BCUT2D eigenvalue weighted by molar-refractivity contribution is 0.262. The number of benzene rings is 2. The summed E-state index contributed by atoms with van der Waals surface area (Å²) in [5.41, 5.74) is 2.45. The van der Waals surface area contributed by atoms with Crippen LogP contribution in [0.15, 0.2) is 53.3 Å². The molecule has 0 atom stereocenters. The van der Waals surface area contributed by atoms with Crippen LogP contribution in [0.1, 0.15) is 23.3 Å². The lowest BCUT2D eigenvalue weighted by Crippen LogP contribution is -2.19. The number of amides is 2. The Bertz CT molecular complexity index is 1330. The fraction of sp³-hybridized carbons (Fsp3) is 0.174. The van der Waals surface area contributed by atoms with Gasteiger partial charge in [-0.3, -0.25) is 0 Å². The van der Waals surface area contributed by atoms with E-state index < -0.39 is 0 Å². The molecule has 1 aliphatic carbocycles. The Morgan fingerprint density at radius 1 is 1.09 bits per heavy atom. The molecule has 0 aliphatic heterocycles. The molecule has 2 amide bonds. The van der Waals surface area contributed by atoms with E-state index in [1.807, 2.05) is 18.2 Å². The summed E-state index contributed by atoms with van der Waals surface area (Å²) in [4.78, 5) is 23.5. The molecule has 6 nitrogen and oxygen atoms in total. The van der Waals surface area contributed by atoms with E-state index in [9.17, 15) is 4.79 Å². The van der Waals surface area contributed by atoms with Gasteiger partial charge in [0.15, 0.2) is 0 Å². The molecule has 5 rings (SSSR count). The summed E-state index contributed by atoms with van der Waals surface area (Å²) in [6, 6.07) is 12.1. The molecule has 2 N–H and O–H groups in total. The predicted octanol–water partition coefficient (Wildman–Crippen LogP) is 7.42. The number of halogens is 2. The van der Waals surface area contributed by atoms with Gasteiger partial charge in [-0.2, -0.15) is 0 Å². The highest BCUT2D eigenvalue weighted by Gasteiger charge is 2.21. The smallest absolute Gasteiger partial charge is 0.323 e. The van der Waals surface area contributed by atoms with Gasteiger partial charge in [0, 0.05) is 21.1 Å². The molecule has 0 unspecified atom stereocenters. The highest BCUT2D eigenvalue weighted by Crippen LogP contribution is 2.40.